The van der Waals surface area contributed by atoms with Crippen molar-refractivity contribution in [1.29, 1.82) is 0 Å². The quantitative estimate of drug-likeness (QED) is 0.407. The van der Waals surface area contributed by atoms with Crippen molar-refractivity contribution < 1.29 is 8.92 Å². The highest BCUT2D eigenvalue weighted by Crippen LogP contribution is 2.31. The van der Waals surface area contributed by atoms with E-state index in [1.165, 1.54) is 14.1 Å². The van der Waals surface area contributed by atoms with E-state index in [1.807, 2.05) is 19.1 Å². The fourth-order valence-electron chi connectivity index (χ4n) is 1.82. The maximum Gasteiger partial charge on any atom is 0.119 e. The molecule has 0 aromatic heterocycles. The van der Waals surface area contributed by atoms with Gasteiger partial charge in [-0.25, -0.2) is 4.31 Å². The third kappa shape index (κ3) is 4.48. The molecule has 1 fully saturated rings. The number of benzene rings is 1. The number of hydrogen-bond acceptors (Lipinski definition) is 5. The van der Waals surface area contributed by atoms with Crippen LogP contribution < -0.4 is 4.74 Å². The first-order valence-electron chi connectivity index (χ1n) is 5.91. The van der Waals surface area contributed by atoms with Crippen molar-refractivity contribution >= 4 is 42.4 Å². The topological polar surface area (TPSA) is 21.7 Å². The molecule has 1 aromatic carbocycles. The summed E-state index contributed by atoms with van der Waals surface area (Å²) in [7, 11) is 1.43. The van der Waals surface area contributed by atoms with Gasteiger partial charge in [-0.05, 0) is 49.6 Å². The number of halogens is 1. The fraction of sp³-hybridized carbons (Fsp3) is 0.500. The van der Waals surface area contributed by atoms with Gasteiger partial charge in [-0.1, -0.05) is 0 Å². The molecular formula is C12H16INO2S2. The first-order valence-corrected chi connectivity index (χ1v) is 9.97. The Morgan fingerprint density at radius 1 is 1.39 bits per heavy atom. The molecule has 0 saturated carbocycles. The van der Waals surface area contributed by atoms with Gasteiger partial charge in [0.15, 0.2) is 0 Å². The van der Waals surface area contributed by atoms with E-state index in [0.29, 0.717) is 12.7 Å². The van der Waals surface area contributed by atoms with Crippen LogP contribution in [0, 0.1) is 0 Å². The smallest absolute Gasteiger partial charge is 0.119 e. The van der Waals surface area contributed by atoms with Gasteiger partial charge in [0.1, 0.15) is 5.75 Å². The zero-order valence-electron chi connectivity index (χ0n) is 10.2. The van der Waals surface area contributed by atoms with Gasteiger partial charge in [-0.15, -0.1) is 0 Å². The molecule has 0 amide bonds. The predicted molar refractivity (Wildman–Crippen MR) is 86.1 cm³/mol. The SMILES string of the molecule is CCOc1ccc(SN2CC[C@H](OSI)C2)cc1. The zero-order chi connectivity index (χ0) is 12.8. The van der Waals surface area contributed by atoms with E-state index in [-0.39, 0.29) is 0 Å². The van der Waals surface area contributed by atoms with Gasteiger partial charge >= 0.3 is 0 Å². The van der Waals surface area contributed by atoms with Gasteiger partial charge in [0.05, 0.1) is 21.9 Å². The molecule has 0 aliphatic carbocycles. The third-order valence-electron chi connectivity index (χ3n) is 2.65. The van der Waals surface area contributed by atoms with Crippen molar-refractivity contribution in [3.8, 4) is 5.75 Å². The van der Waals surface area contributed by atoms with E-state index in [2.05, 4.69) is 37.6 Å². The van der Waals surface area contributed by atoms with Crippen LogP contribution in [0.25, 0.3) is 0 Å². The summed E-state index contributed by atoms with van der Waals surface area (Å²) in [6.45, 7) is 4.79. The van der Waals surface area contributed by atoms with Gasteiger partial charge in [0, 0.05) is 39.2 Å². The molecule has 1 aliphatic rings. The minimum absolute atomic E-state index is 0.363. The van der Waals surface area contributed by atoms with E-state index >= 15 is 0 Å². The monoisotopic (exact) mass is 397 g/mol. The van der Waals surface area contributed by atoms with Crippen LogP contribution in [0.3, 0.4) is 0 Å². The molecule has 100 valence electrons. The molecular weight excluding hydrogens is 381 g/mol. The highest BCUT2D eigenvalue weighted by molar-refractivity contribution is 14.2. The number of hydrogen-bond donors (Lipinski definition) is 0. The van der Waals surface area contributed by atoms with Crippen LogP contribution in [0.4, 0.5) is 0 Å². The van der Waals surface area contributed by atoms with Gasteiger partial charge in [-0.2, -0.15) is 0 Å². The largest absolute Gasteiger partial charge is 0.494 e. The van der Waals surface area contributed by atoms with Crippen LogP contribution in [-0.2, 0) is 4.18 Å². The molecule has 0 radical (unpaired) electrons. The second kappa shape index (κ2) is 7.84. The molecule has 1 aromatic rings. The van der Waals surface area contributed by atoms with Gasteiger partial charge in [0.2, 0.25) is 0 Å². The van der Waals surface area contributed by atoms with Crippen LogP contribution in [0.5, 0.6) is 5.75 Å². The number of ether oxygens (including phenoxy) is 1. The average Bonchev–Trinajstić information content (AvgIpc) is 2.80. The molecule has 1 saturated heterocycles. The summed E-state index contributed by atoms with van der Waals surface area (Å²) >= 11 is 3.97. The lowest BCUT2D eigenvalue weighted by Crippen LogP contribution is -2.15. The Morgan fingerprint density at radius 3 is 2.83 bits per heavy atom. The van der Waals surface area contributed by atoms with Crippen molar-refractivity contribution in [2.75, 3.05) is 19.7 Å². The highest BCUT2D eigenvalue weighted by atomic mass is 127. The second-order valence-corrected chi connectivity index (χ2v) is 6.52. The standard InChI is InChI=1S/C12H16INO2S2/c1-2-15-10-3-5-12(6-4-10)17-14-8-7-11(9-14)16-18-13/h3-6,11H,2,7-9H2,1H3/t11-/m0/s1. The minimum atomic E-state index is 0.363. The Kier molecular flexibility index (Phi) is 6.43. The van der Waals surface area contributed by atoms with Crippen molar-refractivity contribution in [3.05, 3.63) is 24.3 Å². The third-order valence-corrected chi connectivity index (χ3v) is 4.69. The zero-order valence-corrected chi connectivity index (χ0v) is 14.0. The summed E-state index contributed by atoms with van der Waals surface area (Å²) in [6, 6.07) is 8.26. The highest BCUT2D eigenvalue weighted by Gasteiger charge is 2.24. The van der Waals surface area contributed by atoms with Crippen molar-refractivity contribution in [1.82, 2.24) is 4.31 Å². The van der Waals surface area contributed by atoms with Crippen molar-refractivity contribution in [2.45, 2.75) is 24.3 Å². The van der Waals surface area contributed by atoms with Gasteiger partial charge < -0.3 is 8.92 Å². The Bertz CT molecular complexity index is 364. The van der Waals surface area contributed by atoms with Crippen LogP contribution in [0.1, 0.15) is 13.3 Å². The fourth-order valence-corrected chi connectivity index (χ4v) is 3.96. The van der Waals surface area contributed by atoms with E-state index in [0.717, 1.165) is 25.3 Å². The first kappa shape index (κ1) is 14.8. The molecule has 1 aliphatic heterocycles. The van der Waals surface area contributed by atoms with Crippen LogP contribution in [0.15, 0.2) is 29.2 Å². The van der Waals surface area contributed by atoms with Crippen LogP contribution in [0.2, 0.25) is 0 Å². The predicted octanol–water partition coefficient (Wildman–Crippen LogP) is 4.18. The second-order valence-electron chi connectivity index (χ2n) is 3.95. The lowest BCUT2D eigenvalue weighted by molar-refractivity contribution is 0.263. The molecule has 18 heavy (non-hydrogen) atoms. The van der Waals surface area contributed by atoms with Crippen molar-refractivity contribution in [2.24, 2.45) is 0 Å². The molecule has 1 heterocycles. The van der Waals surface area contributed by atoms with E-state index in [1.54, 1.807) is 11.9 Å². The summed E-state index contributed by atoms with van der Waals surface area (Å²) in [5, 5.41) is 0. The lowest BCUT2D eigenvalue weighted by Gasteiger charge is -2.14. The molecule has 0 N–H and O–H groups in total. The summed E-state index contributed by atoms with van der Waals surface area (Å²) in [6.07, 6.45) is 1.47. The molecule has 2 rings (SSSR count). The van der Waals surface area contributed by atoms with Crippen LogP contribution >= 0.6 is 42.4 Å². The normalized spacial score (nSPS) is 20.2. The van der Waals surface area contributed by atoms with Crippen molar-refractivity contribution in [3.63, 3.8) is 0 Å². The summed E-state index contributed by atoms with van der Waals surface area (Å²) in [4.78, 5) is 1.25. The summed E-state index contributed by atoms with van der Waals surface area (Å²) < 4.78 is 13.3. The Morgan fingerprint density at radius 2 is 2.17 bits per heavy atom. The molecule has 0 unspecified atom stereocenters. The van der Waals surface area contributed by atoms with Crippen LogP contribution in [-0.4, -0.2) is 30.1 Å². The maximum atomic E-state index is 5.55. The van der Waals surface area contributed by atoms with E-state index in [9.17, 15) is 0 Å². The Balaban J connectivity index is 1.82. The Hall–Kier alpha value is 0.370. The number of rotatable bonds is 6. The maximum absolute atomic E-state index is 5.55. The Labute approximate surface area is 129 Å². The summed E-state index contributed by atoms with van der Waals surface area (Å²) in [5.41, 5.74) is 0. The molecule has 0 bridgehead atoms. The van der Waals surface area contributed by atoms with E-state index < -0.39 is 0 Å². The lowest BCUT2D eigenvalue weighted by atomic mass is 10.3. The van der Waals surface area contributed by atoms with Gasteiger partial charge in [0.25, 0.3) is 0 Å². The average molecular weight is 397 g/mol. The van der Waals surface area contributed by atoms with Gasteiger partial charge in [-0.3, -0.25) is 0 Å². The molecule has 6 heteroatoms. The molecule has 0 spiro atoms. The number of nitrogens with zero attached hydrogens (tertiary/aromatic N) is 1. The van der Waals surface area contributed by atoms with E-state index in [4.69, 9.17) is 8.92 Å². The first-order chi connectivity index (χ1) is 8.81. The summed E-state index contributed by atoms with van der Waals surface area (Å²) in [5.74, 6) is 0.936. The minimum Gasteiger partial charge on any atom is -0.494 e. The molecule has 1 atom stereocenters. The molecule has 3 nitrogen and oxygen atoms in total.